The Hall–Kier alpha value is -1.87. The van der Waals surface area contributed by atoms with E-state index in [1.54, 1.807) is 12.3 Å². The van der Waals surface area contributed by atoms with Crippen LogP contribution in [0.4, 0.5) is 10.1 Å². The third-order valence-electron chi connectivity index (χ3n) is 10.7. The van der Waals surface area contributed by atoms with Crippen LogP contribution in [0.1, 0.15) is 57.6 Å². The van der Waals surface area contributed by atoms with Gasteiger partial charge in [0.2, 0.25) is 0 Å². The third kappa shape index (κ3) is 3.04. The number of carbonyl (C=O) groups excluding carboxylic acids is 1. The molecule has 196 valence electrons. The maximum atomic E-state index is 17.1. The Bertz CT molecular complexity index is 1130. The van der Waals surface area contributed by atoms with Crippen LogP contribution in [0.5, 0.6) is 0 Å². The second-order valence-electron chi connectivity index (χ2n) is 12.5. The largest absolute Gasteiger partial charge is 0.390 e. The van der Waals surface area contributed by atoms with E-state index in [2.05, 4.69) is 17.2 Å². The molecule has 36 heavy (non-hydrogen) atoms. The van der Waals surface area contributed by atoms with Gasteiger partial charge in [0, 0.05) is 35.1 Å². The topological polar surface area (TPSA) is 94.9 Å². The number of rotatable bonds is 3. The summed E-state index contributed by atoms with van der Waals surface area (Å²) in [5.74, 6) is -0.731. The molecule has 3 aliphatic carbocycles. The van der Waals surface area contributed by atoms with Crippen LogP contribution in [0.15, 0.2) is 30.0 Å². The highest BCUT2D eigenvalue weighted by atomic mass is 19.1. The van der Waals surface area contributed by atoms with Gasteiger partial charge in [0.05, 0.1) is 29.2 Å². The van der Waals surface area contributed by atoms with Crippen LogP contribution in [0.2, 0.25) is 0 Å². The lowest BCUT2D eigenvalue weighted by atomic mass is 9.52. The summed E-state index contributed by atoms with van der Waals surface area (Å²) in [7, 11) is 3.80. The molecule has 3 N–H and O–H groups in total. The van der Waals surface area contributed by atoms with E-state index in [0.717, 1.165) is 5.69 Å². The van der Waals surface area contributed by atoms with E-state index < -0.39 is 40.4 Å². The molecule has 3 heterocycles. The van der Waals surface area contributed by atoms with Gasteiger partial charge in [0.15, 0.2) is 0 Å². The van der Waals surface area contributed by atoms with Crippen LogP contribution >= 0.6 is 0 Å². The average Bonchev–Trinajstić information content (AvgIpc) is 3.36. The summed E-state index contributed by atoms with van der Waals surface area (Å²) >= 11 is 0. The number of halogens is 1. The van der Waals surface area contributed by atoms with E-state index >= 15 is 4.39 Å². The van der Waals surface area contributed by atoms with Gasteiger partial charge in [0.1, 0.15) is 11.3 Å². The number of pyridine rings is 1. The van der Waals surface area contributed by atoms with E-state index in [1.165, 1.54) is 0 Å². The lowest BCUT2D eigenvalue weighted by Gasteiger charge is -2.63. The van der Waals surface area contributed by atoms with Gasteiger partial charge >= 0.3 is 0 Å². The van der Waals surface area contributed by atoms with E-state index in [1.807, 2.05) is 38.1 Å². The van der Waals surface area contributed by atoms with Crippen LogP contribution in [-0.2, 0) is 9.53 Å². The van der Waals surface area contributed by atoms with Gasteiger partial charge in [-0.2, -0.15) is 0 Å². The number of aliphatic hydroxyl groups is 2. The molecule has 6 rings (SSSR count). The van der Waals surface area contributed by atoms with Crippen molar-refractivity contribution in [3.05, 3.63) is 35.7 Å². The molecule has 1 amide bonds. The monoisotopic (exact) mass is 499 g/mol. The number of amides is 1. The Morgan fingerprint density at radius 1 is 1.19 bits per heavy atom. The van der Waals surface area contributed by atoms with Crippen molar-refractivity contribution >= 4 is 11.6 Å². The quantitative estimate of drug-likeness (QED) is 0.592. The van der Waals surface area contributed by atoms with Crippen LogP contribution in [0.25, 0.3) is 0 Å². The number of alkyl halides is 1. The maximum absolute atomic E-state index is 17.1. The van der Waals surface area contributed by atoms with Crippen molar-refractivity contribution in [1.82, 2.24) is 9.88 Å². The number of aromatic nitrogens is 1. The molecule has 0 radical (unpaired) electrons. The Balaban J connectivity index is 1.32. The summed E-state index contributed by atoms with van der Waals surface area (Å²) in [4.78, 5) is 19.7. The molecule has 2 saturated carbocycles. The molecule has 8 heteroatoms. The molecule has 1 aromatic heterocycles. The number of ether oxygens (including phenoxy) is 1. The molecular weight excluding hydrogens is 461 g/mol. The highest BCUT2D eigenvalue weighted by molar-refractivity contribution is 6.05. The van der Waals surface area contributed by atoms with Gasteiger partial charge in [-0.1, -0.05) is 13.0 Å². The molecular formula is C28H38FN3O4. The van der Waals surface area contributed by atoms with Crippen LogP contribution in [0, 0.1) is 24.2 Å². The number of nitrogens with zero attached hydrogens (tertiary/aromatic N) is 2. The van der Waals surface area contributed by atoms with Gasteiger partial charge in [0.25, 0.3) is 5.91 Å². The number of hydrogen-bond donors (Lipinski definition) is 3. The minimum Gasteiger partial charge on any atom is -0.390 e. The first kappa shape index (κ1) is 24.5. The number of likely N-dealkylation sites (N-methyl/N-ethyl adjacent to an activating group) is 1. The minimum absolute atomic E-state index is 0.149. The molecule has 7 nitrogen and oxygen atoms in total. The Morgan fingerprint density at radius 3 is 2.69 bits per heavy atom. The van der Waals surface area contributed by atoms with Crippen LogP contribution < -0.4 is 5.32 Å². The fraction of sp³-hybridized carbons (Fsp3) is 0.714. The van der Waals surface area contributed by atoms with Gasteiger partial charge in [-0.15, -0.1) is 0 Å². The van der Waals surface area contributed by atoms with Crippen LogP contribution in [0.3, 0.4) is 0 Å². The SMILES string of the molecule is Cc1ncccc1NC(=O)C1=CCC2C1(C)CCC1(F)CC3C(O)C(O)C(N(C)C)CC34CCC21O4. The molecule has 9 atom stereocenters. The normalized spacial score (nSPS) is 47.1. The first-order valence-electron chi connectivity index (χ1n) is 13.3. The van der Waals surface area contributed by atoms with Crippen molar-refractivity contribution in [3.8, 4) is 0 Å². The molecule has 4 fully saturated rings. The molecule has 2 aliphatic heterocycles. The molecule has 1 aromatic rings. The molecule has 0 aromatic carbocycles. The number of allylic oxidation sites excluding steroid dienone is 1. The first-order chi connectivity index (χ1) is 17.0. The van der Waals surface area contributed by atoms with Crippen molar-refractivity contribution in [1.29, 1.82) is 0 Å². The lowest BCUT2D eigenvalue weighted by molar-refractivity contribution is -0.315. The molecule has 9 unspecified atom stereocenters. The summed E-state index contributed by atoms with van der Waals surface area (Å²) in [6.07, 6.45) is 5.19. The first-order valence-corrected chi connectivity index (χ1v) is 13.3. The number of hydrogen-bond acceptors (Lipinski definition) is 6. The standard InChI is InChI=1S/C28H38FN3O4/c1-16-19(6-5-13-30-16)31-24(35)17-7-8-21-25(17,2)9-11-27(29)14-18-22(33)23(34)20(32(3)4)15-26(18)10-12-28(21,27)36-26/h5-7,13,18,20-23,33-34H,8-12,14-15H2,1-4H3,(H,31,35). The number of aliphatic hydroxyl groups excluding tert-OH is 2. The second-order valence-corrected chi connectivity index (χ2v) is 12.5. The Morgan fingerprint density at radius 2 is 1.97 bits per heavy atom. The van der Waals surface area contributed by atoms with Crippen molar-refractivity contribution in [2.75, 3.05) is 19.4 Å². The van der Waals surface area contributed by atoms with Crippen molar-refractivity contribution in [2.24, 2.45) is 17.3 Å². The smallest absolute Gasteiger partial charge is 0.251 e. The fourth-order valence-electron chi connectivity index (χ4n) is 8.72. The van der Waals surface area contributed by atoms with E-state index in [4.69, 9.17) is 4.74 Å². The molecule has 2 spiro atoms. The molecule has 2 bridgehead atoms. The average molecular weight is 500 g/mol. The van der Waals surface area contributed by atoms with Crippen molar-refractivity contribution < 1.29 is 24.1 Å². The van der Waals surface area contributed by atoms with Crippen molar-refractivity contribution in [3.63, 3.8) is 0 Å². The van der Waals surface area contributed by atoms with Gasteiger partial charge in [-0.25, -0.2) is 4.39 Å². The fourth-order valence-corrected chi connectivity index (χ4v) is 8.72. The third-order valence-corrected chi connectivity index (χ3v) is 10.7. The van der Waals surface area contributed by atoms with E-state index in [0.29, 0.717) is 43.4 Å². The molecule has 5 aliphatic rings. The number of aryl methyl sites for hydroxylation is 1. The summed E-state index contributed by atoms with van der Waals surface area (Å²) in [5.41, 5.74) is -1.58. The maximum Gasteiger partial charge on any atom is 0.251 e. The zero-order valence-corrected chi connectivity index (χ0v) is 21.6. The summed E-state index contributed by atoms with van der Waals surface area (Å²) in [6, 6.07) is 3.39. The predicted octanol–water partition coefficient (Wildman–Crippen LogP) is 3.15. The predicted molar refractivity (Wildman–Crippen MR) is 133 cm³/mol. The Kier molecular flexibility index (Phi) is 5.31. The zero-order valence-electron chi connectivity index (χ0n) is 21.6. The van der Waals surface area contributed by atoms with Gasteiger partial charge in [-0.05, 0) is 78.1 Å². The second kappa shape index (κ2) is 7.82. The van der Waals surface area contributed by atoms with E-state index in [-0.39, 0.29) is 30.7 Å². The highest BCUT2D eigenvalue weighted by Gasteiger charge is 2.77. The summed E-state index contributed by atoms with van der Waals surface area (Å²) in [6.45, 7) is 3.96. The van der Waals surface area contributed by atoms with Crippen LogP contribution in [-0.4, -0.2) is 75.2 Å². The zero-order chi connectivity index (χ0) is 25.7. The molecule has 2 saturated heterocycles. The summed E-state index contributed by atoms with van der Waals surface area (Å²) < 4.78 is 24.1. The summed E-state index contributed by atoms with van der Waals surface area (Å²) in [5, 5.41) is 25.0. The minimum atomic E-state index is -1.59. The number of fused-ring (bicyclic) bond motifs is 1. The lowest BCUT2D eigenvalue weighted by Crippen LogP contribution is -2.72. The van der Waals surface area contributed by atoms with Crippen molar-refractivity contribution in [2.45, 2.75) is 93.9 Å². The number of carbonyl (C=O) groups is 1. The van der Waals surface area contributed by atoms with Gasteiger partial charge in [-0.3, -0.25) is 9.78 Å². The number of nitrogens with one attached hydrogen (secondary N) is 1. The van der Waals surface area contributed by atoms with E-state index in [9.17, 15) is 15.0 Å². The Labute approximate surface area is 212 Å². The van der Waals surface area contributed by atoms with Gasteiger partial charge < -0.3 is 25.2 Å². The highest BCUT2D eigenvalue weighted by Crippen LogP contribution is 2.72. The number of anilines is 1.